The Morgan fingerprint density at radius 1 is 0.839 bits per heavy atom. The standard InChI is InChI=1S/C28H48N2O/c1-8-28(27(7)31)22-29-19-21-30(28)20-18-26(6)17-11-16-25(5)15-10-14-24(4)13-9-12-23(2)3/h12,14,16,18,29H,8-11,13,15,17,19-22H2,1-7H3/b24-14+,25-16+,26-18+. The molecule has 0 aromatic heterocycles. The molecule has 1 fully saturated rings. The lowest BCUT2D eigenvalue weighted by Crippen LogP contribution is -2.64. The summed E-state index contributed by atoms with van der Waals surface area (Å²) in [6.45, 7) is 18.5. The van der Waals surface area contributed by atoms with Gasteiger partial charge in [0.05, 0.1) is 5.54 Å². The third-order valence-corrected chi connectivity index (χ3v) is 6.64. The Labute approximate surface area is 192 Å². The summed E-state index contributed by atoms with van der Waals surface area (Å²) in [6, 6.07) is 0. The van der Waals surface area contributed by atoms with Crippen LogP contribution in [0.3, 0.4) is 0 Å². The molecule has 1 saturated heterocycles. The number of hydrogen-bond acceptors (Lipinski definition) is 3. The molecule has 1 atom stereocenters. The Morgan fingerprint density at radius 2 is 1.35 bits per heavy atom. The molecule has 3 nitrogen and oxygen atoms in total. The number of carbonyl (C=O) groups excluding carboxylic acids is 1. The van der Waals surface area contributed by atoms with Crippen LogP contribution in [0.4, 0.5) is 0 Å². The molecule has 0 aromatic carbocycles. The van der Waals surface area contributed by atoms with Gasteiger partial charge in [-0.3, -0.25) is 9.69 Å². The van der Waals surface area contributed by atoms with E-state index in [1.165, 1.54) is 28.7 Å². The van der Waals surface area contributed by atoms with E-state index in [9.17, 15) is 4.79 Å². The zero-order valence-corrected chi connectivity index (χ0v) is 21.4. The monoisotopic (exact) mass is 428 g/mol. The molecule has 0 saturated carbocycles. The van der Waals surface area contributed by atoms with Gasteiger partial charge in [-0.05, 0) is 86.5 Å². The van der Waals surface area contributed by atoms with Crippen molar-refractivity contribution in [3.05, 3.63) is 46.6 Å². The van der Waals surface area contributed by atoms with E-state index in [4.69, 9.17) is 0 Å². The van der Waals surface area contributed by atoms with Crippen LogP contribution >= 0.6 is 0 Å². The summed E-state index contributed by atoms with van der Waals surface area (Å²) in [4.78, 5) is 14.7. The van der Waals surface area contributed by atoms with Gasteiger partial charge in [-0.1, -0.05) is 53.5 Å². The molecule has 0 bridgehead atoms. The van der Waals surface area contributed by atoms with E-state index in [0.717, 1.165) is 64.7 Å². The molecule has 0 radical (unpaired) electrons. The lowest BCUT2D eigenvalue weighted by Gasteiger charge is -2.45. The molecular formula is C28H48N2O. The molecule has 0 aromatic rings. The fraction of sp³-hybridized carbons (Fsp3) is 0.679. The Kier molecular flexibility index (Phi) is 13.0. The number of nitrogens with one attached hydrogen (secondary N) is 1. The van der Waals surface area contributed by atoms with Crippen molar-refractivity contribution in [2.45, 2.75) is 99.0 Å². The Morgan fingerprint density at radius 3 is 1.84 bits per heavy atom. The van der Waals surface area contributed by atoms with Crippen molar-refractivity contribution in [2.24, 2.45) is 0 Å². The SMILES string of the molecule is CCC1(C(C)=O)CNCCN1C/C=C(\C)CC/C=C(\C)CC/C=C(\C)CCC=C(C)C. The molecule has 1 rings (SSSR count). The molecule has 1 aliphatic rings. The smallest absolute Gasteiger partial charge is 0.151 e. The van der Waals surface area contributed by atoms with E-state index in [-0.39, 0.29) is 11.3 Å². The summed E-state index contributed by atoms with van der Waals surface area (Å²) in [5, 5.41) is 3.41. The average Bonchev–Trinajstić information content (AvgIpc) is 2.72. The minimum atomic E-state index is -0.331. The van der Waals surface area contributed by atoms with Crippen LogP contribution < -0.4 is 5.32 Å². The molecule has 1 unspecified atom stereocenters. The first-order chi connectivity index (χ1) is 14.7. The van der Waals surface area contributed by atoms with Crippen LogP contribution in [-0.4, -0.2) is 42.4 Å². The lowest BCUT2D eigenvalue weighted by atomic mass is 9.87. The highest BCUT2D eigenvalue weighted by Gasteiger charge is 2.40. The van der Waals surface area contributed by atoms with Gasteiger partial charge in [0.1, 0.15) is 0 Å². The quantitative estimate of drug-likeness (QED) is 0.328. The number of hydrogen-bond donors (Lipinski definition) is 1. The van der Waals surface area contributed by atoms with Crippen LogP contribution in [-0.2, 0) is 4.79 Å². The first-order valence-electron chi connectivity index (χ1n) is 12.3. The molecule has 176 valence electrons. The fourth-order valence-corrected chi connectivity index (χ4v) is 4.30. The number of nitrogens with zero attached hydrogens (tertiary/aromatic N) is 1. The summed E-state index contributed by atoms with van der Waals surface area (Å²) in [5.74, 6) is 0.285. The van der Waals surface area contributed by atoms with Crippen LogP contribution in [0.5, 0.6) is 0 Å². The van der Waals surface area contributed by atoms with E-state index in [1.54, 1.807) is 6.92 Å². The highest BCUT2D eigenvalue weighted by atomic mass is 16.1. The lowest BCUT2D eigenvalue weighted by molar-refractivity contribution is -0.130. The van der Waals surface area contributed by atoms with Crippen molar-refractivity contribution in [1.82, 2.24) is 10.2 Å². The summed E-state index contributed by atoms with van der Waals surface area (Å²) in [5.41, 5.74) is 5.50. The topological polar surface area (TPSA) is 32.3 Å². The third-order valence-electron chi connectivity index (χ3n) is 6.64. The van der Waals surface area contributed by atoms with E-state index < -0.39 is 0 Å². The van der Waals surface area contributed by atoms with Crippen LogP contribution in [0.1, 0.15) is 93.4 Å². The summed E-state index contributed by atoms with van der Waals surface area (Å²) < 4.78 is 0. The maximum Gasteiger partial charge on any atom is 0.151 e. The van der Waals surface area contributed by atoms with Gasteiger partial charge in [-0.25, -0.2) is 0 Å². The average molecular weight is 429 g/mol. The van der Waals surface area contributed by atoms with Crippen molar-refractivity contribution < 1.29 is 4.79 Å². The zero-order chi connectivity index (χ0) is 23.3. The van der Waals surface area contributed by atoms with Crippen LogP contribution in [0.25, 0.3) is 0 Å². The van der Waals surface area contributed by atoms with Crippen LogP contribution in [0.2, 0.25) is 0 Å². The van der Waals surface area contributed by atoms with Gasteiger partial charge in [-0.15, -0.1) is 0 Å². The molecule has 3 heteroatoms. The molecule has 1 heterocycles. The minimum Gasteiger partial charge on any atom is -0.313 e. The molecule has 0 spiro atoms. The molecule has 0 aliphatic carbocycles. The fourth-order valence-electron chi connectivity index (χ4n) is 4.30. The Bertz CT molecular complexity index is 679. The van der Waals surface area contributed by atoms with Gasteiger partial charge in [0, 0.05) is 26.2 Å². The van der Waals surface area contributed by atoms with Crippen LogP contribution in [0.15, 0.2) is 46.6 Å². The van der Waals surface area contributed by atoms with Gasteiger partial charge in [-0.2, -0.15) is 0 Å². The number of piperazine rings is 1. The van der Waals surface area contributed by atoms with E-state index in [1.807, 2.05) is 0 Å². The second-order valence-corrected chi connectivity index (χ2v) is 9.61. The minimum absolute atomic E-state index is 0.285. The first kappa shape index (κ1) is 27.6. The van der Waals surface area contributed by atoms with Gasteiger partial charge in [0.25, 0.3) is 0 Å². The van der Waals surface area contributed by atoms with Gasteiger partial charge in [0.15, 0.2) is 5.78 Å². The first-order valence-corrected chi connectivity index (χ1v) is 12.3. The molecule has 1 aliphatic heterocycles. The van der Waals surface area contributed by atoms with Gasteiger partial charge >= 0.3 is 0 Å². The Balaban J connectivity index is 2.43. The van der Waals surface area contributed by atoms with E-state index >= 15 is 0 Å². The third kappa shape index (κ3) is 10.1. The number of Topliss-reactive ketones (excluding diaryl/α,β-unsaturated/α-hetero) is 1. The van der Waals surface area contributed by atoms with Crippen molar-refractivity contribution >= 4 is 5.78 Å². The molecule has 0 amide bonds. The highest BCUT2D eigenvalue weighted by molar-refractivity contribution is 5.86. The molecular weight excluding hydrogens is 380 g/mol. The predicted octanol–water partition coefficient (Wildman–Crippen LogP) is 6.78. The molecule has 1 N–H and O–H groups in total. The van der Waals surface area contributed by atoms with Gasteiger partial charge < -0.3 is 5.32 Å². The zero-order valence-electron chi connectivity index (χ0n) is 21.4. The number of rotatable bonds is 13. The maximum atomic E-state index is 12.3. The predicted molar refractivity (Wildman–Crippen MR) is 137 cm³/mol. The Hall–Kier alpha value is -1.45. The summed E-state index contributed by atoms with van der Waals surface area (Å²) in [6.07, 6.45) is 17.2. The number of carbonyl (C=O) groups is 1. The normalized spacial score (nSPS) is 21.3. The number of allylic oxidation sites excluding steroid dienone is 7. The number of ketones is 1. The second kappa shape index (κ2) is 14.6. The van der Waals surface area contributed by atoms with Crippen molar-refractivity contribution in [2.75, 3.05) is 26.2 Å². The largest absolute Gasteiger partial charge is 0.313 e. The second-order valence-electron chi connectivity index (χ2n) is 9.61. The maximum absolute atomic E-state index is 12.3. The van der Waals surface area contributed by atoms with E-state index in [0.29, 0.717) is 0 Å². The van der Waals surface area contributed by atoms with Crippen molar-refractivity contribution in [3.63, 3.8) is 0 Å². The molecule has 31 heavy (non-hydrogen) atoms. The highest BCUT2D eigenvalue weighted by Crippen LogP contribution is 2.23. The summed E-state index contributed by atoms with van der Waals surface area (Å²) >= 11 is 0. The van der Waals surface area contributed by atoms with Crippen LogP contribution in [0, 0.1) is 0 Å². The van der Waals surface area contributed by atoms with Crippen molar-refractivity contribution in [3.8, 4) is 0 Å². The summed E-state index contributed by atoms with van der Waals surface area (Å²) in [7, 11) is 0. The van der Waals surface area contributed by atoms with E-state index in [2.05, 4.69) is 76.1 Å². The van der Waals surface area contributed by atoms with Gasteiger partial charge in [0.2, 0.25) is 0 Å². The van der Waals surface area contributed by atoms with Crippen molar-refractivity contribution in [1.29, 1.82) is 0 Å².